The van der Waals surface area contributed by atoms with Crippen LogP contribution < -0.4 is 5.32 Å². The van der Waals surface area contributed by atoms with Gasteiger partial charge < -0.3 is 10.1 Å². The van der Waals surface area contributed by atoms with Crippen LogP contribution in [0.4, 0.5) is 11.4 Å². The summed E-state index contributed by atoms with van der Waals surface area (Å²) in [6, 6.07) is 5.37. The van der Waals surface area contributed by atoms with Crippen LogP contribution in [0.25, 0.3) is 0 Å². The fourth-order valence-corrected chi connectivity index (χ4v) is 3.00. The summed E-state index contributed by atoms with van der Waals surface area (Å²) in [7, 11) is 0. The lowest BCUT2D eigenvalue weighted by atomic mass is 9.90. The maximum Gasteiger partial charge on any atom is 0.283 e. The third-order valence-corrected chi connectivity index (χ3v) is 4.49. The number of hydrogen-bond donors (Lipinski definition) is 1. The Morgan fingerprint density at radius 2 is 2.35 bits per heavy atom. The van der Waals surface area contributed by atoms with Gasteiger partial charge in [-0.15, -0.1) is 0 Å². The normalized spacial score (nSPS) is 26.2. The summed E-state index contributed by atoms with van der Waals surface area (Å²) in [6.45, 7) is 5.01. The van der Waals surface area contributed by atoms with Crippen LogP contribution in [0.1, 0.15) is 33.1 Å². The van der Waals surface area contributed by atoms with Crippen molar-refractivity contribution >= 4 is 27.3 Å². The minimum absolute atomic E-state index is 0.0755. The third kappa shape index (κ3) is 3.49. The van der Waals surface area contributed by atoms with E-state index in [1.54, 1.807) is 12.1 Å². The fraction of sp³-hybridized carbons (Fsp3) is 0.571. The molecule has 1 N–H and O–H groups in total. The summed E-state index contributed by atoms with van der Waals surface area (Å²) in [5, 5.41) is 14.2. The number of rotatable bonds is 4. The van der Waals surface area contributed by atoms with E-state index in [1.165, 1.54) is 6.07 Å². The summed E-state index contributed by atoms with van der Waals surface area (Å²) in [4.78, 5) is 10.4. The third-order valence-electron chi connectivity index (χ3n) is 3.86. The highest BCUT2D eigenvalue weighted by molar-refractivity contribution is 9.10. The summed E-state index contributed by atoms with van der Waals surface area (Å²) >= 11 is 3.24. The Labute approximate surface area is 127 Å². The van der Waals surface area contributed by atoms with Gasteiger partial charge >= 0.3 is 0 Å². The minimum atomic E-state index is -0.392. The molecule has 1 saturated heterocycles. The molecule has 20 heavy (non-hydrogen) atoms. The van der Waals surface area contributed by atoms with E-state index < -0.39 is 4.92 Å². The van der Waals surface area contributed by atoms with E-state index >= 15 is 0 Å². The van der Waals surface area contributed by atoms with Gasteiger partial charge in [-0.3, -0.25) is 10.1 Å². The van der Waals surface area contributed by atoms with Crippen LogP contribution in [0.2, 0.25) is 0 Å². The predicted molar refractivity (Wildman–Crippen MR) is 82.1 cm³/mol. The molecule has 0 saturated carbocycles. The van der Waals surface area contributed by atoms with E-state index in [9.17, 15) is 10.1 Å². The van der Waals surface area contributed by atoms with Crippen LogP contribution in [0.5, 0.6) is 0 Å². The summed E-state index contributed by atoms with van der Waals surface area (Å²) in [5.41, 5.74) is 0.905. The van der Waals surface area contributed by atoms with Gasteiger partial charge in [0.25, 0.3) is 5.69 Å². The minimum Gasteiger partial charge on any atom is -0.382 e. The maximum atomic E-state index is 10.8. The molecule has 0 aliphatic carbocycles. The lowest BCUT2D eigenvalue weighted by molar-refractivity contribution is -0.385. The number of nitro groups is 1. The van der Waals surface area contributed by atoms with Crippen LogP contribution >= 0.6 is 15.9 Å². The number of nitrogens with zero attached hydrogens (tertiary/aromatic N) is 1. The van der Waals surface area contributed by atoms with Crippen LogP contribution in [0.15, 0.2) is 22.7 Å². The first-order valence-electron chi connectivity index (χ1n) is 6.78. The van der Waals surface area contributed by atoms with E-state index in [0.29, 0.717) is 10.5 Å². The van der Waals surface area contributed by atoms with E-state index in [1.807, 2.05) is 0 Å². The Morgan fingerprint density at radius 3 is 2.95 bits per heavy atom. The van der Waals surface area contributed by atoms with Gasteiger partial charge in [0.2, 0.25) is 0 Å². The summed E-state index contributed by atoms with van der Waals surface area (Å²) < 4.78 is 6.32. The molecule has 1 aromatic carbocycles. The SMILES string of the molecule is CCC1(C)CC(Nc2ccc([N+](=O)[O-])c(Br)c2)CCO1. The molecule has 2 unspecified atom stereocenters. The number of anilines is 1. The summed E-state index contributed by atoms with van der Waals surface area (Å²) in [5.74, 6) is 0. The Kier molecular flexibility index (Phi) is 4.65. The number of nitro benzene ring substituents is 1. The number of hydrogen-bond acceptors (Lipinski definition) is 4. The number of nitrogens with one attached hydrogen (secondary N) is 1. The average molecular weight is 343 g/mol. The molecular formula is C14H19BrN2O3. The number of ether oxygens (including phenoxy) is 1. The van der Waals surface area contributed by atoms with Crippen molar-refractivity contribution < 1.29 is 9.66 Å². The number of benzene rings is 1. The Bertz CT molecular complexity index is 509. The Morgan fingerprint density at radius 1 is 1.60 bits per heavy atom. The highest BCUT2D eigenvalue weighted by Crippen LogP contribution is 2.32. The second-order valence-electron chi connectivity index (χ2n) is 5.41. The molecule has 0 amide bonds. The van der Waals surface area contributed by atoms with Crippen LogP contribution in [-0.4, -0.2) is 23.2 Å². The van der Waals surface area contributed by atoms with Gasteiger partial charge in [0.15, 0.2) is 0 Å². The monoisotopic (exact) mass is 342 g/mol. The fourth-order valence-electron chi connectivity index (χ4n) is 2.48. The molecule has 1 aliphatic heterocycles. The highest BCUT2D eigenvalue weighted by Gasteiger charge is 2.31. The van der Waals surface area contributed by atoms with Gasteiger partial charge in [-0.1, -0.05) is 6.92 Å². The summed E-state index contributed by atoms with van der Waals surface area (Å²) in [6.07, 6.45) is 2.87. The molecule has 0 aromatic heterocycles. The molecule has 0 radical (unpaired) electrons. The van der Waals surface area contributed by atoms with E-state index in [2.05, 4.69) is 35.1 Å². The standard InChI is InChI=1S/C14H19BrN2O3/c1-3-14(2)9-11(6-7-20-14)16-10-4-5-13(17(18)19)12(15)8-10/h4-5,8,11,16H,3,6-7,9H2,1-2H3. The van der Waals surface area contributed by atoms with Crippen molar-refractivity contribution in [3.05, 3.63) is 32.8 Å². The molecule has 5 nitrogen and oxygen atoms in total. The highest BCUT2D eigenvalue weighted by atomic mass is 79.9. The van der Waals surface area contributed by atoms with Gasteiger partial charge in [-0.2, -0.15) is 0 Å². The molecule has 1 aromatic rings. The van der Waals surface area contributed by atoms with Crippen molar-refractivity contribution in [1.82, 2.24) is 0 Å². The van der Waals surface area contributed by atoms with Gasteiger partial charge in [0.05, 0.1) is 15.0 Å². The quantitative estimate of drug-likeness (QED) is 0.660. The molecule has 6 heteroatoms. The Balaban J connectivity index is 2.07. The molecule has 110 valence electrons. The maximum absolute atomic E-state index is 10.8. The molecule has 0 spiro atoms. The lowest BCUT2D eigenvalue weighted by Gasteiger charge is -2.38. The smallest absolute Gasteiger partial charge is 0.283 e. The topological polar surface area (TPSA) is 64.4 Å². The van der Waals surface area contributed by atoms with Gasteiger partial charge in [0, 0.05) is 24.4 Å². The zero-order valence-electron chi connectivity index (χ0n) is 11.7. The first kappa shape index (κ1) is 15.3. The zero-order valence-corrected chi connectivity index (χ0v) is 13.3. The van der Waals surface area contributed by atoms with Crippen molar-refractivity contribution in [3.63, 3.8) is 0 Å². The second-order valence-corrected chi connectivity index (χ2v) is 6.26. The predicted octanol–water partition coefficient (Wildman–Crippen LogP) is 4.12. The second kappa shape index (κ2) is 6.10. The molecule has 1 aliphatic rings. The molecule has 0 bridgehead atoms. The van der Waals surface area contributed by atoms with Crippen molar-refractivity contribution in [2.45, 2.75) is 44.8 Å². The first-order chi connectivity index (χ1) is 9.43. The van der Waals surface area contributed by atoms with Gasteiger partial charge in [-0.25, -0.2) is 0 Å². The first-order valence-corrected chi connectivity index (χ1v) is 7.57. The van der Waals surface area contributed by atoms with E-state index in [0.717, 1.165) is 31.6 Å². The van der Waals surface area contributed by atoms with Gasteiger partial charge in [-0.05, 0) is 54.2 Å². The largest absolute Gasteiger partial charge is 0.382 e. The molecular weight excluding hydrogens is 324 g/mol. The van der Waals surface area contributed by atoms with E-state index in [4.69, 9.17) is 4.74 Å². The Hall–Kier alpha value is -1.14. The van der Waals surface area contributed by atoms with Gasteiger partial charge in [0.1, 0.15) is 0 Å². The zero-order chi connectivity index (χ0) is 14.8. The number of halogens is 1. The van der Waals surface area contributed by atoms with Crippen LogP contribution in [0.3, 0.4) is 0 Å². The van der Waals surface area contributed by atoms with Crippen LogP contribution in [0, 0.1) is 10.1 Å². The molecule has 2 atom stereocenters. The molecule has 1 heterocycles. The van der Waals surface area contributed by atoms with Crippen molar-refractivity contribution in [2.75, 3.05) is 11.9 Å². The van der Waals surface area contributed by atoms with Crippen molar-refractivity contribution in [2.24, 2.45) is 0 Å². The van der Waals surface area contributed by atoms with E-state index in [-0.39, 0.29) is 11.3 Å². The average Bonchev–Trinajstić information content (AvgIpc) is 2.38. The molecule has 2 rings (SSSR count). The van der Waals surface area contributed by atoms with Crippen molar-refractivity contribution in [3.8, 4) is 0 Å². The lowest BCUT2D eigenvalue weighted by Crippen LogP contribution is -2.41. The van der Waals surface area contributed by atoms with Crippen molar-refractivity contribution in [1.29, 1.82) is 0 Å². The van der Waals surface area contributed by atoms with Crippen LogP contribution in [-0.2, 0) is 4.74 Å². The molecule has 1 fully saturated rings.